The topological polar surface area (TPSA) is 138 Å². The number of aromatic amines is 1. The maximum absolute atomic E-state index is 13.2. The molecule has 1 fully saturated rings. The molecule has 0 radical (unpaired) electrons. The quantitative estimate of drug-likeness (QED) is 0.421. The molecule has 3 aromatic rings. The summed E-state index contributed by atoms with van der Waals surface area (Å²) in [6.45, 7) is 2.97. The standard InChI is InChI=1S/C20H20F6N10O2/c1-11(32-13-8-31-34-15(37)14(13)20(24,25)26)9-38-18-30-10-29-17(33-18)36-4-2-35(3-5-36)16-27-6-12(7-28-16)19(21,22)23/h6-8,10-11H,2-5,9H2,1H3,(H2,32,34,37). The van der Waals surface area contributed by atoms with Crippen LogP contribution in [0.1, 0.15) is 18.1 Å². The van der Waals surface area contributed by atoms with E-state index in [1.54, 1.807) is 14.9 Å². The maximum Gasteiger partial charge on any atom is 0.423 e. The Hall–Kier alpha value is -4.25. The summed E-state index contributed by atoms with van der Waals surface area (Å²) in [6, 6.07) is -0.760. The monoisotopic (exact) mass is 546 g/mol. The zero-order chi connectivity index (χ0) is 27.5. The van der Waals surface area contributed by atoms with Crippen molar-refractivity contribution in [2.24, 2.45) is 0 Å². The van der Waals surface area contributed by atoms with Gasteiger partial charge in [-0.1, -0.05) is 0 Å². The molecule has 0 aliphatic carbocycles. The van der Waals surface area contributed by atoms with Crippen LogP contribution in [0.25, 0.3) is 0 Å². The number of rotatable bonds is 7. The fourth-order valence-electron chi connectivity index (χ4n) is 3.53. The fraction of sp³-hybridized carbons (Fsp3) is 0.450. The van der Waals surface area contributed by atoms with Crippen molar-refractivity contribution in [1.29, 1.82) is 0 Å². The number of nitrogens with zero attached hydrogens (tertiary/aromatic N) is 8. The summed E-state index contributed by atoms with van der Waals surface area (Å²) in [4.78, 5) is 34.9. The molecule has 4 rings (SSSR count). The van der Waals surface area contributed by atoms with Gasteiger partial charge in [0.15, 0.2) is 0 Å². The summed E-state index contributed by atoms with van der Waals surface area (Å²) in [5.41, 5.74) is -4.20. The van der Waals surface area contributed by atoms with Crippen molar-refractivity contribution in [3.63, 3.8) is 0 Å². The normalized spacial score (nSPS) is 15.3. The number of hydrogen-bond acceptors (Lipinski definition) is 11. The third-order valence-corrected chi connectivity index (χ3v) is 5.35. The van der Waals surface area contributed by atoms with Gasteiger partial charge < -0.3 is 19.9 Å². The Morgan fingerprint density at radius 2 is 1.58 bits per heavy atom. The molecule has 2 N–H and O–H groups in total. The molecule has 12 nitrogen and oxygen atoms in total. The summed E-state index contributed by atoms with van der Waals surface area (Å²) in [6.07, 6.45) is -5.87. The first-order valence-electron chi connectivity index (χ1n) is 11.0. The van der Waals surface area contributed by atoms with Gasteiger partial charge in [-0.3, -0.25) is 4.79 Å². The lowest BCUT2D eigenvalue weighted by molar-refractivity contribution is -0.139. The van der Waals surface area contributed by atoms with Crippen molar-refractivity contribution in [3.05, 3.63) is 46.4 Å². The second kappa shape index (κ2) is 10.6. The number of anilines is 3. The molecule has 0 bridgehead atoms. The summed E-state index contributed by atoms with van der Waals surface area (Å²) >= 11 is 0. The van der Waals surface area contributed by atoms with Gasteiger partial charge in [-0.2, -0.15) is 41.4 Å². The minimum Gasteiger partial charge on any atom is -0.461 e. The van der Waals surface area contributed by atoms with Gasteiger partial charge >= 0.3 is 18.4 Å². The minimum absolute atomic E-state index is 0.0720. The highest BCUT2D eigenvalue weighted by atomic mass is 19.4. The molecule has 0 spiro atoms. The van der Waals surface area contributed by atoms with Crippen LogP contribution in [0.15, 0.2) is 29.7 Å². The molecule has 0 saturated carbocycles. The van der Waals surface area contributed by atoms with Crippen LogP contribution in [0.3, 0.4) is 0 Å². The van der Waals surface area contributed by atoms with Gasteiger partial charge in [0, 0.05) is 38.6 Å². The van der Waals surface area contributed by atoms with Gasteiger partial charge in [0.25, 0.3) is 5.56 Å². The van der Waals surface area contributed by atoms with Crippen molar-refractivity contribution < 1.29 is 31.1 Å². The van der Waals surface area contributed by atoms with Crippen molar-refractivity contribution in [2.45, 2.75) is 25.3 Å². The Morgan fingerprint density at radius 1 is 0.947 bits per heavy atom. The molecule has 1 unspecified atom stereocenters. The van der Waals surface area contributed by atoms with Gasteiger partial charge in [0.2, 0.25) is 11.9 Å². The molecule has 38 heavy (non-hydrogen) atoms. The third-order valence-electron chi connectivity index (χ3n) is 5.35. The third kappa shape index (κ3) is 6.35. The van der Waals surface area contributed by atoms with Crippen LogP contribution in [0, 0.1) is 0 Å². The first kappa shape index (κ1) is 26.8. The molecule has 1 atom stereocenters. The lowest BCUT2D eigenvalue weighted by Gasteiger charge is -2.34. The average molecular weight is 546 g/mol. The predicted molar refractivity (Wildman–Crippen MR) is 120 cm³/mol. The van der Waals surface area contributed by atoms with Gasteiger partial charge in [-0.05, 0) is 6.92 Å². The number of aromatic nitrogens is 7. The van der Waals surface area contributed by atoms with Crippen molar-refractivity contribution >= 4 is 17.6 Å². The number of ether oxygens (including phenoxy) is 1. The van der Waals surface area contributed by atoms with E-state index >= 15 is 0 Å². The van der Waals surface area contributed by atoms with Crippen LogP contribution < -0.4 is 25.4 Å². The molecular weight excluding hydrogens is 526 g/mol. The molecular formula is C20H20F6N10O2. The minimum atomic E-state index is -4.88. The number of alkyl halides is 6. The van der Waals surface area contributed by atoms with E-state index in [-0.39, 0.29) is 24.5 Å². The predicted octanol–water partition coefficient (Wildman–Crippen LogP) is 1.99. The Labute approximate surface area is 210 Å². The van der Waals surface area contributed by atoms with Gasteiger partial charge in [0.05, 0.1) is 23.5 Å². The zero-order valence-electron chi connectivity index (χ0n) is 19.6. The molecule has 18 heteroatoms. The van der Waals surface area contributed by atoms with E-state index in [0.29, 0.717) is 26.2 Å². The molecule has 1 aliphatic heterocycles. The van der Waals surface area contributed by atoms with Crippen LogP contribution in [0.2, 0.25) is 0 Å². The van der Waals surface area contributed by atoms with Crippen molar-refractivity contribution in [2.75, 3.05) is 47.9 Å². The van der Waals surface area contributed by atoms with Crippen molar-refractivity contribution in [1.82, 2.24) is 35.1 Å². The van der Waals surface area contributed by atoms with E-state index in [0.717, 1.165) is 18.6 Å². The summed E-state index contributed by atoms with van der Waals surface area (Å²) < 4.78 is 83.3. The Balaban J connectivity index is 1.33. The number of hydrogen-bond donors (Lipinski definition) is 2. The number of H-pyrrole nitrogens is 1. The number of nitrogens with one attached hydrogen (secondary N) is 2. The number of piperazine rings is 1. The fourth-order valence-corrected chi connectivity index (χ4v) is 3.53. The Bertz CT molecular complexity index is 1290. The van der Waals surface area contributed by atoms with Gasteiger partial charge in [-0.25, -0.2) is 20.1 Å². The van der Waals surface area contributed by atoms with Crippen LogP contribution in [-0.2, 0) is 12.4 Å². The molecule has 0 amide bonds. The van der Waals surface area contributed by atoms with Gasteiger partial charge in [-0.15, -0.1) is 0 Å². The molecule has 204 valence electrons. The molecule has 1 aliphatic rings. The number of halogens is 6. The van der Waals surface area contributed by atoms with E-state index in [1.165, 1.54) is 13.3 Å². The van der Waals surface area contributed by atoms with Crippen molar-refractivity contribution in [3.8, 4) is 6.01 Å². The van der Waals surface area contributed by atoms with Crippen LogP contribution in [0.5, 0.6) is 6.01 Å². The highest BCUT2D eigenvalue weighted by Crippen LogP contribution is 2.32. The second-order valence-electron chi connectivity index (χ2n) is 8.15. The van der Waals surface area contributed by atoms with E-state index in [1.807, 2.05) is 0 Å². The first-order chi connectivity index (χ1) is 17.9. The lowest BCUT2D eigenvalue weighted by Crippen LogP contribution is -2.47. The van der Waals surface area contributed by atoms with Gasteiger partial charge in [0.1, 0.15) is 18.5 Å². The van der Waals surface area contributed by atoms with Crippen LogP contribution in [-0.4, -0.2) is 73.9 Å². The lowest BCUT2D eigenvalue weighted by atomic mass is 10.2. The Kier molecular flexibility index (Phi) is 7.49. The smallest absolute Gasteiger partial charge is 0.423 e. The molecule has 3 aromatic heterocycles. The van der Waals surface area contributed by atoms with Crippen LogP contribution >= 0.6 is 0 Å². The maximum atomic E-state index is 13.2. The van der Waals surface area contributed by atoms with Crippen LogP contribution in [0.4, 0.5) is 43.9 Å². The summed E-state index contributed by atoms with van der Waals surface area (Å²) in [7, 11) is 0. The SMILES string of the molecule is CC(COc1ncnc(N2CCN(c3ncc(C(F)(F)F)cn3)CC2)n1)Nc1cn[nH]c(=O)c1C(F)(F)F. The van der Waals surface area contributed by atoms with E-state index in [2.05, 4.69) is 35.3 Å². The average Bonchev–Trinajstić information content (AvgIpc) is 2.87. The van der Waals surface area contributed by atoms with E-state index < -0.39 is 40.8 Å². The molecule has 1 saturated heterocycles. The zero-order valence-corrected chi connectivity index (χ0v) is 19.6. The highest BCUT2D eigenvalue weighted by Gasteiger charge is 2.37. The summed E-state index contributed by atoms with van der Waals surface area (Å²) in [5, 5.41) is 7.70. The van der Waals surface area contributed by atoms with E-state index in [9.17, 15) is 31.1 Å². The molecule has 0 aromatic carbocycles. The largest absolute Gasteiger partial charge is 0.461 e. The first-order valence-corrected chi connectivity index (χ1v) is 11.0. The second-order valence-corrected chi connectivity index (χ2v) is 8.15. The Morgan fingerprint density at radius 3 is 2.18 bits per heavy atom. The van der Waals surface area contributed by atoms with E-state index in [4.69, 9.17) is 4.74 Å². The molecule has 4 heterocycles. The highest BCUT2D eigenvalue weighted by molar-refractivity contribution is 5.50. The summed E-state index contributed by atoms with van der Waals surface area (Å²) in [5.74, 6) is 0.449.